The molecular formula is C12H15N9O3. The average molecular weight is 333 g/mol. The Kier molecular flexibility index (Phi) is 3.48. The Bertz CT molecular complexity index is 829. The second-order valence-corrected chi connectivity index (χ2v) is 5.75. The maximum atomic E-state index is 10.4. The molecule has 4 rings (SSSR count). The number of aliphatic hydroxyl groups excluding tert-OH is 2. The fourth-order valence-electron chi connectivity index (χ4n) is 2.86. The van der Waals surface area contributed by atoms with Crippen molar-refractivity contribution < 1.29 is 14.9 Å². The van der Waals surface area contributed by atoms with E-state index < -0.39 is 24.5 Å². The monoisotopic (exact) mass is 333 g/mol. The Labute approximate surface area is 135 Å². The summed E-state index contributed by atoms with van der Waals surface area (Å²) >= 11 is 0. The Morgan fingerprint density at radius 2 is 2.17 bits per heavy atom. The smallest absolute Gasteiger partial charge is 0.201 e. The van der Waals surface area contributed by atoms with E-state index in [4.69, 9.17) is 16.0 Å². The van der Waals surface area contributed by atoms with Gasteiger partial charge in [-0.25, -0.2) is 15.0 Å². The molecule has 2 aliphatic heterocycles. The molecule has 2 aromatic rings. The van der Waals surface area contributed by atoms with Crippen LogP contribution >= 0.6 is 0 Å². The van der Waals surface area contributed by atoms with Gasteiger partial charge in [0.15, 0.2) is 23.2 Å². The van der Waals surface area contributed by atoms with Gasteiger partial charge in [-0.2, -0.15) is 0 Å². The van der Waals surface area contributed by atoms with Gasteiger partial charge in [-0.1, -0.05) is 0 Å². The molecule has 4 N–H and O–H groups in total. The number of ether oxygens (including phenoxy) is 1. The first-order valence-electron chi connectivity index (χ1n) is 7.37. The third-order valence-corrected chi connectivity index (χ3v) is 4.19. The van der Waals surface area contributed by atoms with Gasteiger partial charge in [0, 0.05) is 24.5 Å². The highest BCUT2D eigenvalue weighted by molar-refractivity contribution is 5.83. The number of nitrogens with zero attached hydrogens (tertiary/aromatic N) is 8. The van der Waals surface area contributed by atoms with E-state index in [9.17, 15) is 10.2 Å². The van der Waals surface area contributed by atoms with Crippen LogP contribution in [0.5, 0.6) is 0 Å². The van der Waals surface area contributed by atoms with Gasteiger partial charge in [-0.05, 0) is 10.6 Å². The summed E-state index contributed by atoms with van der Waals surface area (Å²) in [5, 5.41) is 24.2. The number of hydrogen-bond acceptors (Lipinski definition) is 9. The molecule has 0 saturated carbocycles. The Morgan fingerprint density at radius 3 is 2.88 bits per heavy atom. The van der Waals surface area contributed by atoms with Crippen LogP contribution in [0.3, 0.4) is 0 Å². The molecule has 0 aliphatic carbocycles. The first-order chi connectivity index (χ1) is 11.6. The summed E-state index contributed by atoms with van der Waals surface area (Å²) in [5.74, 6) is 0.0464. The number of anilines is 1. The van der Waals surface area contributed by atoms with Crippen molar-refractivity contribution >= 4 is 22.9 Å². The molecule has 0 bridgehead atoms. The fraction of sp³-hybridized carbons (Fsp3) is 0.583. The highest BCUT2D eigenvalue weighted by Crippen LogP contribution is 2.36. The predicted molar refractivity (Wildman–Crippen MR) is 80.9 cm³/mol. The third kappa shape index (κ3) is 2.33. The van der Waals surface area contributed by atoms with Crippen LogP contribution in [0.1, 0.15) is 6.23 Å². The van der Waals surface area contributed by atoms with Gasteiger partial charge in [0.05, 0.1) is 0 Å². The van der Waals surface area contributed by atoms with Crippen LogP contribution in [0, 0.1) is 0 Å². The molecule has 4 atom stereocenters. The van der Waals surface area contributed by atoms with E-state index in [1.165, 1.54) is 10.9 Å². The molecular weight excluding hydrogens is 318 g/mol. The number of nitrogen functional groups attached to an aromatic ring is 1. The number of aliphatic hydroxyl groups is 2. The normalized spacial score (nSPS) is 29.8. The summed E-state index contributed by atoms with van der Waals surface area (Å²) in [6.45, 7) is 2.39. The van der Waals surface area contributed by atoms with Crippen molar-refractivity contribution in [3.8, 4) is 0 Å². The molecule has 12 nitrogen and oxygen atoms in total. The van der Waals surface area contributed by atoms with Crippen LogP contribution in [-0.4, -0.2) is 72.6 Å². The number of azide groups is 1. The van der Waals surface area contributed by atoms with Crippen LogP contribution in [-0.2, 0) is 4.74 Å². The molecule has 2 aliphatic rings. The number of aromatic nitrogens is 4. The lowest BCUT2D eigenvalue weighted by atomic mass is 10.1. The standard InChI is InChI=1S/C12H15N9O3/c13-9-6-10(16-4-15-9)21(12(17-6)18-19-14)11-8(23)7(22)5(24-11)3-20-1-2-20/h4-5,7-8,11,22-23H,1-3H2,(H2,13,15,16)/t5-,7?,8+,11-/m1/s1. The molecule has 2 fully saturated rings. The van der Waals surface area contributed by atoms with Crippen LogP contribution in [0.2, 0.25) is 0 Å². The summed E-state index contributed by atoms with van der Waals surface area (Å²) in [7, 11) is 0. The lowest BCUT2D eigenvalue weighted by Gasteiger charge is -2.18. The minimum absolute atomic E-state index is 0.0664. The summed E-state index contributed by atoms with van der Waals surface area (Å²) in [6, 6.07) is 0. The largest absolute Gasteiger partial charge is 0.387 e. The van der Waals surface area contributed by atoms with E-state index in [2.05, 4.69) is 29.9 Å². The number of imidazole rings is 1. The summed E-state index contributed by atoms with van der Waals surface area (Å²) in [4.78, 5) is 16.8. The minimum Gasteiger partial charge on any atom is -0.387 e. The zero-order chi connectivity index (χ0) is 16.8. The van der Waals surface area contributed by atoms with Crippen LogP contribution in [0.15, 0.2) is 11.4 Å². The molecule has 2 saturated heterocycles. The summed E-state index contributed by atoms with van der Waals surface area (Å²) in [6.07, 6.45) is -2.63. The van der Waals surface area contributed by atoms with Gasteiger partial charge in [0.1, 0.15) is 24.6 Å². The van der Waals surface area contributed by atoms with Crippen molar-refractivity contribution in [2.75, 3.05) is 25.4 Å². The van der Waals surface area contributed by atoms with E-state index in [-0.39, 0.29) is 22.9 Å². The highest BCUT2D eigenvalue weighted by atomic mass is 16.6. The molecule has 0 amide bonds. The van der Waals surface area contributed by atoms with Gasteiger partial charge >= 0.3 is 0 Å². The third-order valence-electron chi connectivity index (χ3n) is 4.19. The molecule has 1 unspecified atom stereocenters. The van der Waals surface area contributed by atoms with E-state index >= 15 is 0 Å². The van der Waals surface area contributed by atoms with Gasteiger partial charge in [-0.15, -0.1) is 0 Å². The molecule has 2 aromatic heterocycles. The van der Waals surface area contributed by atoms with Crippen LogP contribution in [0.25, 0.3) is 21.6 Å². The van der Waals surface area contributed by atoms with Crippen LogP contribution < -0.4 is 5.73 Å². The minimum atomic E-state index is -1.23. The Morgan fingerprint density at radius 1 is 1.38 bits per heavy atom. The van der Waals surface area contributed by atoms with Crippen molar-refractivity contribution in [2.45, 2.75) is 24.5 Å². The van der Waals surface area contributed by atoms with Crippen molar-refractivity contribution in [1.29, 1.82) is 0 Å². The molecule has 0 radical (unpaired) electrons. The molecule has 4 heterocycles. The van der Waals surface area contributed by atoms with Crippen molar-refractivity contribution in [3.05, 3.63) is 16.8 Å². The quantitative estimate of drug-likeness (QED) is 0.285. The van der Waals surface area contributed by atoms with Gasteiger partial charge in [0.2, 0.25) is 5.95 Å². The van der Waals surface area contributed by atoms with Crippen molar-refractivity contribution in [2.24, 2.45) is 5.11 Å². The van der Waals surface area contributed by atoms with E-state index in [0.717, 1.165) is 13.1 Å². The van der Waals surface area contributed by atoms with E-state index in [1.807, 2.05) is 0 Å². The highest BCUT2D eigenvalue weighted by Gasteiger charge is 2.46. The maximum absolute atomic E-state index is 10.4. The average Bonchev–Trinajstić information content (AvgIpc) is 3.25. The number of nitrogens with two attached hydrogens (primary N) is 1. The second-order valence-electron chi connectivity index (χ2n) is 5.75. The lowest BCUT2D eigenvalue weighted by Crippen LogP contribution is -2.35. The molecule has 0 aromatic carbocycles. The zero-order valence-electron chi connectivity index (χ0n) is 12.5. The maximum Gasteiger partial charge on any atom is 0.201 e. The zero-order valence-corrected chi connectivity index (χ0v) is 12.5. The first kappa shape index (κ1) is 15.1. The predicted octanol–water partition coefficient (Wildman–Crippen LogP) is -0.715. The Hall–Kier alpha value is -2.50. The number of rotatable bonds is 4. The lowest BCUT2D eigenvalue weighted by molar-refractivity contribution is -0.0365. The fourth-order valence-corrected chi connectivity index (χ4v) is 2.86. The van der Waals surface area contributed by atoms with Crippen molar-refractivity contribution in [1.82, 2.24) is 24.4 Å². The SMILES string of the molecule is [N-]=[N+]=Nc1nc2c(N)ncnc2n1[C@@H]1O[C@H](CN2CC2)C(O)[C@@H]1O. The van der Waals surface area contributed by atoms with Gasteiger partial charge in [-0.3, -0.25) is 9.47 Å². The van der Waals surface area contributed by atoms with Crippen LogP contribution in [0.4, 0.5) is 11.8 Å². The summed E-state index contributed by atoms with van der Waals surface area (Å²) < 4.78 is 7.15. The first-order valence-corrected chi connectivity index (χ1v) is 7.37. The van der Waals surface area contributed by atoms with Gasteiger partial charge in [0.25, 0.3) is 0 Å². The van der Waals surface area contributed by atoms with E-state index in [1.54, 1.807) is 0 Å². The van der Waals surface area contributed by atoms with Gasteiger partial charge < -0.3 is 20.7 Å². The van der Waals surface area contributed by atoms with E-state index in [0.29, 0.717) is 6.54 Å². The molecule has 12 heteroatoms. The number of fused-ring (bicyclic) bond motifs is 1. The Balaban J connectivity index is 1.78. The summed E-state index contributed by atoms with van der Waals surface area (Å²) in [5.41, 5.74) is 15.0. The van der Waals surface area contributed by atoms with Crippen molar-refractivity contribution in [3.63, 3.8) is 0 Å². The molecule has 24 heavy (non-hydrogen) atoms. The second kappa shape index (κ2) is 5.54. The topological polar surface area (TPSA) is 171 Å². The number of hydrogen-bond donors (Lipinski definition) is 3. The molecule has 126 valence electrons. The molecule has 0 spiro atoms.